The molecule has 1 unspecified atom stereocenters. The maximum absolute atomic E-state index is 4.97. The van der Waals surface area contributed by atoms with Crippen LogP contribution in [0.3, 0.4) is 0 Å². The molecule has 0 amide bonds. The largest absolute Gasteiger partial charge is 0.339 e. The van der Waals surface area contributed by atoms with Gasteiger partial charge in [-0.2, -0.15) is 5.10 Å². The normalized spacial score (nSPS) is 21.3. The molecule has 1 aromatic rings. The van der Waals surface area contributed by atoms with Crippen LogP contribution in [0.5, 0.6) is 0 Å². The van der Waals surface area contributed by atoms with E-state index >= 15 is 0 Å². The van der Waals surface area contributed by atoms with E-state index in [1.54, 1.807) is 0 Å². The number of allylic oxidation sites excluding steroid dienone is 4. The number of aryl methyl sites for hydroxylation is 1. The van der Waals surface area contributed by atoms with Crippen molar-refractivity contribution < 1.29 is 0 Å². The summed E-state index contributed by atoms with van der Waals surface area (Å²) >= 11 is 0. The summed E-state index contributed by atoms with van der Waals surface area (Å²) in [5.74, 6) is 1.58. The van der Waals surface area contributed by atoms with Crippen molar-refractivity contribution in [3.05, 3.63) is 48.0 Å². The number of aromatic nitrogens is 2. The highest BCUT2D eigenvalue weighted by Crippen LogP contribution is 2.33. The minimum absolute atomic E-state index is 0.122. The number of hydrogen-bond acceptors (Lipinski definition) is 3. The first kappa shape index (κ1) is 22.6. The maximum Gasteiger partial charge on any atom is 0.173 e. The zero-order valence-electron chi connectivity index (χ0n) is 19.9. The maximum atomic E-state index is 4.97. The van der Waals surface area contributed by atoms with Gasteiger partial charge in [-0.1, -0.05) is 72.0 Å². The van der Waals surface area contributed by atoms with E-state index in [9.17, 15) is 0 Å². The highest BCUT2D eigenvalue weighted by molar-refractivity contribution is 5.89. The van der Waals surface area contributed by atoms with Gasteiger partial charge in [0.2, 0.25) is 0 Å². The van der Waals surface area contributed by atoms with Gasteiger partial charge in [0.25, 0.3) is 0 Å². The SMILES string of the molecule is CCC1=CN(C(CC2CCCCC2)C(C)=Nc2ccn(C)n2)C(=CC(C)(C)C)C=C1. The third-order valence-corrected chi connectivity index (χ3v) is 6.15. The molecule has 0 N–H and O–H groups in total. The Hall–Kier alpha value is -2.10. The minimum atomic E-state index is 0.122. The van der Waals surface area contributed by atoms with Crippen LogP contribution in [0.2, 0.25) is 0 Å². The van der Waals surface area contributed by atoms with Gasteiger partial charge >= 0.3 is 0 Å². The van der Waals surface area contributed by atoms with Gasteiger partial charge in [0.1, 0.15) is 0 Å². The van der Waals surface area contributed by atoms with E-state index in [2.05, 4.69) is 69.0 Å². The Bertz CT molecular complexity index is 825. The number of aliphatic imine (C=N–C) groups is 1. The fourth-order valence-electron chi connectivity index (χ4n) is 4.56. The second-order valence-electron chi connectivity index (χ2n) is 10.1. The van der Waals surface area contributed by atoms with E-state index in [0.717, 1.165) is 30.3 Å². The molecule has 4 nitrogen and oxygen atoms in total. The van der Waals surface area contributed by atoms with Gasteiger partial charge in [-0.25, -0.2) is 4.99 Å². The molecule has 0 radical (unpaired) electrons. The second-order valence-corrected chi connectivity index (χ2v) is 10.1. The van der Waals surface area contributed by atoms with Gasteiger partial charge in [-0.3, -0.25) is 4.68 Å². The van der Waals surface area contributed by atoms with Crippen molar-refractivity contribution in [1.29, 1.82) is 0 Å². The summed E-state index contributed by atoms with van der Waals surface area (Å²) in [6.45, 7) is 11.2. The molecule has 1 aromatic heterocycles. The smallest absolute Gasteiger partial charge is 0.173 e. The number of nitrogens with zero attached hydrogens (tertiary/aromatic N) is 4. The van der Waals surface area contributed by atoms with Crippen molar-refractivity contribution in [2.45, 2.75) is 85.6 Å². The molecular weight excluding hydrogens is 368 g/mol. The van der Waals surface area contributed by atoms with Crippen LogP contribution in [0.25, 0.3) is 0 Å². The first-order chi connectivity index (χ1) is 14.2. The summed E-state index contributed by atoms with van der Waals surface area (Å²) in [6, 6.07) is 2.26. The van der Waals surface area contributed by atoms with Crippen LogP contribution >= 0.6 is 0 Å². The van der Waals surface area contributed by atoms with E-state index in [-0.39, 0.29) is 11.5 Å². The summed E-state index contributed by atoms with van der Waals surface area (Å²) in [5.41, 5.74) is 3.94. The molecule has 30 heavy (non-hydrogen) atoms. The Morgan fingerprint density at radius 3 is 2.57 bits per heavy atom. The van der Waals surface area contributed by atoms with Crippen molar-refractivity contribution >= 4 is 11.5 Å². The first-order valence-corrected chi connectivity index (χ1v) is 11.7. The molecule has 1 fully saturated rings. The average molecular weight is 409 g/mol. The van der Waals surface area contributed by atoms with Crippen molar-refractivity contribution in [3.63, 3.8) is 0 Å². The zero-order chi connectivity index (χ0) is 21.7. The van der Waals surface area contributed by atoms with E-state index in [0.29, 0.717) is 0 Å². The van der Waals surface area contributed by atoms with Crippen LogP contribution in [0.15, 0.2) is 53.0 Å². The first-order valence-electron chi connectivity index (χ1n) is 11.7. The molecular formula is C26H40N4. The summed E-state index contributed by atoms with van der Waals surface area (Å²) in [7, 11) is 1.95. The van der Waals surface area contributed by atoms with Crippen LogP contribution in [0.1, 0.15) is 79.6 Å². The molecule has 2 heterocycles. The lowest BCUT2D eigenvalue weighted by Gasteiger charge is -2.38. The molecule has 1 saturated carbocycles. The van der Waals surface area contributed by atoms with Gasteiger partial charge in [0, 0.05) is 36.9 Å². The Kier molecular flexibility index (Phi) is 7.38. The molecule has 0 spiro atoms. The van der Waals surface area contributed by atoms with Crippen molar-refractivity contribution in [2.24, 2.45) is 23.4 Å². The Morgan fingerprint density at radius 1 is 1.23 bits per heavy atom. The Labute approximate surface area is 183 Å². The van der Waals surface area contributed by atoms with E-state index in [1.165, 1.54) is 43.4 Å². The second kappa shape index (κ2) is 9.80. The highest BCUT2D eigenvalue weighted by Gasteiger charge is 2.28. The molecule has 0 bridgehead atoms. The average Bonchev–Trinajstić information content (AvgIpc) is 3.11. The summed E-state index contributed by atoms with van der Waals surface area (Å²) in [6.07, 6.45) is 20.3. The van der Waals surface area contributed by atoms with E-state index in [4.69, 9.17) is 4.99 Å². The zero-order valence-corrected chi connectivity index (χ0v) is 19.9. The molecule has 0 aromatic carbocycles. The third-order valence-electron chi connectivity index (χ3n) is 6.15. The standard InChI is InChI=1S/C26H40N4/c1-7-21-13-14-23(18-26(3,4)5)30(19-21)24(17-22-11-9-8-10-12-22)20(2)27-25-15-16-29(6)28-25/h13-16,18-19,22,24H,7-12,17H2,1-6H3. The molecule has 164 valence electrons. The van der Waals surface area contributed by atoms with Crippen LogP contribution in [0.4, 0.5) is 5.82 Å². The van der Waals surface area contributed by atoms with E-state index in [1.807, 2.05) is 24.0 Å². The lowest BCUT2D eigenvalue weighted by atomic mass is 9.83. The lowest BCUT2D eigenvalue weighted by Crippen LogP contribution is -2.39. The lowest BCUT2D eigenvalue weighted by molar-refractivity contribution is 0.278. The molecule has 1 aliphatic heterocycles. The summed E-state index contributed by atoms with van der Waals surface area (Å²) < 4.78 is 1.83. The number of hydrogen-bond donors (Lipinski definition) is 0. The van der Waals surface area contributed by atoms with Crippen LogP contribution in [0, 0.1) is 11.3 Å². The molecule has 3 rings (SSSR count). The molecule has 1 aliphatic carbocycles. The van der Waals surface area contributed by atoms with Gasteiger partial charge in [0.05, 0.1) is 6.04 Å². The van der Waals surface area contributed by atoms with Crippen molar-refractivity contribution in [2.75, 3.05) is 0 Å². The summed E-state index contributed by atoms with van der Waals surface area (Å²) in [4.78, 5) is 7.47. The topological polar surface area (TPSA) is 33.4 Å². The summed E-state index contributed by atoms with van der Waals surface area (Å²) in [5, 5.41) is 4.50. The predicted molar refractivity (Wildman–Crippen MR) is 128 cm³/mol. The van der Waals surface area contributed by atoms with E-state index < -0.39 is 0 Å². The monoisotopic (exact) mass is 408 g/mol. The molecule has 4 heteroatoms. The highest BCUT2D eigenvalue weighted by atomic mass is 15.3. The minimum Gasteiger partial charge on any atom is -0.339 e. The van der Waals surface area contributed by atoms with Crippen LogP contribution < -0.4 is 0 Å². The predicted octanol–water partition coefficient (Wildman–Crippen LogP) is 6.95. The van der Waals surface area contributed by atoms with Gasteiger partial charge in [0.15, 0.2) is 5.82 Å². The fraction of sp³-hybridized carbons (Fsp3) is 0.615. The van der Waals surface area contributed by atoms with Gasteiger partial charge in [-0.15, -0.1) is 0 Å². The molecule has 1 atom stereocenters. The van der Waals surface area contributed by atoms with Crippen LogP contribution in [-0.4, -0.2) is 26.4 Å². The van der Waals surface area contributed by atoms with Gasteiger partial charge in [-0.05, 0) is 42.7 Å². The van der Waals surface area contributed by atoms with Gasteiger partial charge < -0.3 is 4.90 Å². The third kappa shape index (κ3) is 6.20. The Morgan fingerprint density at radius 2 is 1.97 bits per heavy atom. The van der Waals surface area contributed by atoms with Crippen LogP contribution in [-0.2, 0) is 7.05 Å². The molecule has 2 aliphatic rings. The number of rotatable bonds is 6. The Balaban J connectivity index is 1.98. The molecule has 0 saturated heterocycles. The van der Waals surface area contributed by atoms with Crippen molar-refractivity contribution in [3.8, 4) is 0 Å². The fourth-order valence-corrected chi connectivity index (χ4v) is 4.56. The van der Waals surface area contributed by atoms with Crippen molar-refractivity contribution in [1.82, 2.24) is 14.7 Å². The quantitative estimate of drug-likeness (QED) is 0.477.